The number of rotatable bonds is 0. The summed E-state index contributed by atoms with van der Waals surface area (Å²) >= 11 is 2.02. The number of aryl methyl sites for hydroxylation is 1. The van der Waals surface area contributed by atoms with Gasteiger partial charge in [0, 0.05) is 22.6 Å². The van der Waals surface area contributed by atoms with E-state index in [-0.39, 0.29) is 0 Å². The molecular formula is C4H4INO. The third kappa shape index (κ3) is 1.15. The monoisotopic (exact) mass is 209 g/mol. The standard InChI is InChI=1S/C4H4INO/c1-3-2-6-4(5)7-3/h2H,1H3. The van der Waals surface area contributed by atoms with Crippen molar-refractivity contribution in [1.82, 2.24) is 4.98 Å². The van der Waals surface area contributed by atoms with Crippen molar-refractivity contribution in [3.63, 3.8) is 0 Å². The maximum absolute atomic E-state index is 4.96. The first kappa shape index (κ1) is 5.08. The normalized spacial score (nSPS) is 9.43. The molecule has 1 aromatic rings. The van der Waals surface area contributed by atoms with E-state index in [9.17, 15) is 0 Å². The molecule has 0 amide bonds. The molecule has 0 saturated carbocycles. The average molecular weight is 209 g/mol. The fraction of sp³-hybridized carbons (Fsp3) is 0.250. The molecule has 0 aromatic carbocycles. The van der Waals surface area contributed by atoms with Crippen LogP contribution in [0, 0.1) is 10.8 Å². The van der Waals surface area contributed by atoms with E-state index in [2.05, 4.69) is 4.98 Å². The largest absolute Gasteiger partial charge is 0.437 e. The fourth-order valence-electron chi connectivity index (χ4n) is 0.327. The van der Waals surface area contributed by atoms with Crippen LogP contribution in [0.15, 0.2) is 10.6 Å². The molecule has 0 saturated heterocycles. The summed E-state index contributed by atoms with van der Waals surface area (Å²) in [4.78, 5) is 3.84. The quantitative estimate of drug-likeness (QED) is 0.606. The number of nitrogens with zero attached hydrogens (tertiary/aromatic N) is 1. The summed E-state index contributed by atoms with van der Waals surface area (Å²) in [7, 11) is 0. The van der Waals surface area contributed by atoms with E-state index in [4.69, 9.17) is 4.42 Å². The zero-order valence-electron chi connectivity index (χ0n) is 3.81. The summed E-state index contributed by atoms with van der Waals surface area (Å²) in [6, 6.07) is 0. The van der Waals surface area contributed by atoms with E-state index in [0.29, 0.717) is 3.90 Å². The molecule has 0 unspecified atom stereocenters. The first-order valence-electron chi connectivity index (χ1n) is 1.87. The van der Waals surface area contributed by atoms with Gasteiger partial charge in [-0.1, -0.05) is 0 Å². The molecule has 1 rings (SSSR count). The van der Waals surface area contributed by atoms with Crippen molar-refractivity contribution in [3.8, 4) is 0 Å². The molecule has 0 aliphatic carbocycles. The van der Waals surface area contributed by atoms with Crippen LogP contribution in [0.5, 0.6) is 0 Å². The van der Waals surface area contributed by atoms with Crippen LogP contribution >= 0.6 is 22.6 Å². The molecule has 7 heavy (non-hydrogen) atoms. The predicted octanol–water partition coefficient (Wildman–Crippen LogP) is 1.59. The number of aromatic nitrogens is 1. The summed E-state index contributed by atoms with van der Waals surface area (Å²) in [6.45, 7) is 1.87. The fourth-order valence-corrected chi connectivity index (χ4v) is 0.814. The Balaban J connectivity index is 3.04. The average Bonchev–Trinajstić information content (AvgIpc) is 1.87. The molecule has 0 bridgehead atoms. The third-order valence-corrected chi connectivity index (χ3v) is 1.09. The van der Waals surface area contributed by atoms with Gasteiger partial charge in [0.15, 0.2) is 0 Å². The number of hydrogen-bond acceptors (Lipinski definition) is 2. The van der Waals surface area contributed by atoms with E-state index < -0.39 is 0 Å². The van der Waals surface area contributed by atoms with Gasteiger partial charge in [0.05, 0.1) is 6.20 Å². The Morgan fingerprint density at radius 3 is 2.71 bits per heavy atom. The Kier molecular flexibility index (Phi) is 1.32. The summed E-state index contributed by atoms with van der Waals surface area (Å²) in [5, 5.41) is 0. The summed E-state index contributed by atoms with van der Waals surface area (Å²) in [5.74, 6) is 0.865. The van der Waals surface area contributed by atoms with E-state index in [0.717, 1.165) is 5.76 Å². The van der Waals surface area contributed by atoms with Crippen LogP contribution in [0.4, 0.5) is 0 Å². The van der Waals surface area contributed by atoms with Gasteiger partial charge in [-0.2, -0.15) is 0 Å². The zero-order valence-corrected chi connectivity index (χ0v) is 5.97. The second kappa shape index (κ2) is 1.81. The minimum atomic E-state index is 0.704. The first-order chi connectivity index (χ1) is 3.29. The highest BCUT2D eigenvalue weighted by Gasteiger charge is 1.89. The van der Waals surface area contributed by atoms with E-state index >= 15 is 0 Å². The maximum atomic E-state index is 4.96. The van der Waals surface area contributed by atoms with Gasteiger partial charge < -0.3 is 4.42 Å². The molecule has 38 valence electrons. The van der Waals surface area contributed by atoms with Crippen LogP contribution in [0.2, 0.25) is 0 Å². The smallest absolute Gasteiger partial charge is 0.257 e. The zero-order chi connectivity index (χ0) is 5.28. The van der Waals surface area contributed by atoms with Gasteiger partial charge in [0.25, 0.3) is 3.90 Å². The number of halogens is 1. The highest BCUT2D eigenvalue weighted by Crippen LogP contribution is 2.02. The molecule has 0 atom stereocenters. The highest BCUT2D eigenvalue weighted by atomic mass is 127. The van der Waals surface area contributed by atoms with Crippen molar-refractivity contribution in [2.75, 3.05) is 0 Å². The van der Waals surface area contributed by atoms with Crippen molar-refractivity contribution in [1.29, 1.82) is 0 Å². The summed E-state index contributed by atoms with van der Waals surface area (Å²) in [6.07, 6.45) is 1.70. The summed E-state index contributed by atoms with van der Waals surface area (Å²) < 4.78 is 5.66. The van der Waals surface area contributed by atoms with Crippen LogP contribution in [0.1, 0.15) is 5.76 Å². The van der Waals surface area contributed by atoms with E-state index in [1.54, 1.807) is 6.20 Å². The Morgan fingerprint density at radius 1 is 1.86 bits per heavy atom. The molecule has 1 heterocycles. The molecule has 0 aliphatic rings. The maximum Gasteiger partial charge on any atom is 0.257 e. The number of oxazole rings is 1. The molecule has 0 N–H and O–H groups in total. The topological polar surface area (TPSA) is 26.0 Å². The third-order valence-electron chi connectivity index (χ3n) is 0.593. The lowest BCUT2D eigenvalue weighted by Gasteiger charge is -1.71. The van der Waals surface area contributed by atoms with Crippen molar-refractivity contribution >= 4 is 22.6 Å². The van der Waals surface area contributed by atoms with Crippen molar-refractivity contribution in [2.24, 2.45) is 0 Å². The highest BCUT2D eigenvalue weighted by molar-refractivity contribution is 14.1. The predicted molar refractivity (Wildman–Crippen MR) is 34.0 cm³/mol. The second-order valence-corrected chi connectivity index (χ2v) is 2.15. The first-order valence-corrected chi connectivity index (χ1v) is 2.95. The molecule has 2 nitrogen and oxygen atoms in total. The van der Waals surface area contributed by atoms with Crippen LogP contribution in [0.3, 0.4) is 0 Å². The summed E-state index contributed by atoms with van der Waals surface area (Å²) in [5.41, 5.74) is 0. The lowest BCUT2D eigenvalue weighted by molar-refractivity contribution is 0.497. The van der Waals surface area contributed by atoms with Crippen LogP contribution in [-0.2, 0) is 0 Å². The lowest BCUT2D eigenvalue weighted by Crippen LogP contribution is -1.57. The molecule has 0 aliphatic heterocycles. The van der Waals surface area contributed by atoms with Crippen LogP contribution in [-0.4, -0.2) is 4.98 Å². The Labute approximate surface area is 55.1 Å². The SMILES string of the molecule is Cc1cnc(I)o1. The van der Waals surface area contributed by atoms with Crippen LogP contribution in [0.25, 0.3) is 0 Å². The van der Waals surface area contributed by atoms with Gasteiger partial charge in [-0.25, -0.2) is 4.98 Å². The van der Waals surface area contributed by atoms with E-state index in [1.807, 2.05) is 29.5 Å². The molecule has 0 spiro atoms. The van der Waals surface area contributed by atoms with Gasteiger partial charge in [-0.15, -0.1) is 0 Å². The van der Waals surface area contributed by atoms with Crippen molar-refractivity contribution in [3.05, 3.63) is 15.9 Å². The van der Waals surface area contributed by atoms with Crippen LogP contribution < -0.4 is 0 Å². The van der Waals surface area contributed by atoms with Gasteiger partial charge >= 0.3 is 0 Å². The van der Waals surface area contributed by atoms with Crippen molar-refractivity contribution < 1.29 is 4.42 Å². The van der Waals surface area contributed by atoms with Crippen molar-refractivity contribution in [2.45, 2.75) is 6.92 Å². The molecule has 0 radical (unpaired) electrons. The minimum Gasteiger partial charge on any atom is -0.437 e. The molecule has 3 heteroatoms. The molecular weight excluding hydrogens is 205 g/mol. The van der Waals surface area contributed by atoms with E-state index in [1.165, 1.54) is 0 Å². The van der Waals surface area contributed by atoms with Gasteiger partial charge in [0.2, 0.25) is 0 Å². The van der Waals surface area contributed by atoms with Gasteiger partial charge in [-0.05, 0) is 6.92 Å². The second-order valence-electron chi connectivity index (χ2n) is 1.22. The Hall–Kier alpha value is -0.0600. The molecule has 0 fully saturated rings. The van der Waals surface area contributed by atoms with Gasteiger partial charge in [0.1, 0.15) is 5.76 Å². The Morgan fingerprint density at radius 2 is 2.57 bits per heavy atom. The minimum absolute atomic E-state index is 0.704. The number of hydrogen-bond donors (Lipinski definition) is 0. The lowest BCUT2D eigenvalue weighted by atomic mass is 10.6. The van der Waals surface area contributed by atoms with Gasteiger partial charge in [-0.3, -0.25) is 0 Å². The Bertz CT molecular complexity index is 144. The molecule has 1 aromatic heterocycles.